The molecule has 0 saturated carbocycles. The second-order valence-electron chi connectivity index (χ2n) is 2.78. The first-order chi connectivity index (χ1) is 6.56. The van der Waals surface area contributed by atoms with Crippen molar-refractivity contribution in [2.75, 3.05) is 0 Å². The molecule has 0 saturated heterocycles. The van der Waals surface area contributed by atoms with Gasteiger partial charge in [0, 0.05) is 10.6 Å². The highest BCUT2D eigenvalue weighted by Gasteiger charge is 2.15. The van der Waals surface area contributed by atoms with E-state index in [1.54, 1.807) is 19.1 Å². The van der Waals surface area contributed by atoms with E-state index >= 15 is 0 Å². The molecule has 0 bridgehead atoms. The molecule has 1 atom stereocenters. The standard InChI is InChI=1S/C10H7BrClNO/c1-6(11)10(14)9-3-2-8(12)4-7(9)5-13/h2-4,6H,1H3. The molecule has 2 nitrogen and oxygen atoms in total. The van der Waals surface area contributed by atoms with Crippen LogP contribution in [0.3, 0.4) is 0 Å². The van der Waals surface area contributed by atoms with Gasteiger partial charge in [0.05, 0.1) is 16.5 Å². The number of ketones is 1. The van der Waals surface area contributed by atoms with Crippen LogP contribution < -0.4 is 0 Å². The van der Waals surface area contributed by atoms with Crippen LogP contribution >= 0.6 is 27.5 Å². The van der Waals surface area contributed by atoms with E-state index in [4.69, 9.17) is 16.9 Å². The molecule has 72 valence electrons. The molecular formula is C10H7BrClNO. The molecule has 1 aromatic carbocycles. The summed E-state index contributed by atoms with van der Waals surface area (Å²) in [6.45, 7) is 1.72. The normalized spacial score (nSPS) is 11.9. The van der Waals surface area contributed by atoms with Crippen molar-refractivity contribution in [1.29, 1.82) is 5.26 Å². The molecular weight excluding hydrogens is 265 g/mol. The van der Waals surface area contributed by atoms with Crippen LogP contribution in [-0.4, -0.2) is 10.6 Å². The summed E-state index contributed by atoms with van der Waals surface area (Å²) in [5.41, 5.74) is 0.718. The Bertz CT molecular complexity index is 409. The topological polar surface area (TPSA) is 40.9 Å². The van der Waals surface area contributed by atoms with Crippen molar-refractivity contribution < 1.29 is 4.79 Å². The zero-order valence-electron chi connectivity index (χ0n) is 7.42. The molecule has 0 fully saturated rings. The van der Waals surface area contributed by atoms with Crippen molar-refractivity contribution in [1.82, 2.24) is 0 Å². The lowest BCUT2D eigenvalue weighted by molar-refractivity contribution is 0.0995. The first kappa shape index (κ1) is 11.2. The quantitative estimate of drug-likeness (QED) is 0.613. The Morgan fingerprint density at radius 1 is 1.64 bits per heavy atom. The van der Waals surface area contributed by atoms with E-state index in [1.165, 1.54) is 6.07 Å². The minimum absolute atomic E-state index is 0.113. The second kappa shape index (κ2) is 4.59. The van der Waals surface area contributed by atoms with E-state index in [0.29, 0.717) is 16.1 Å². The molecule has 0 heterocycles. The Morgan fingerprint density at radius 3 is 2.79 bits per heavy atom. The third-order valence-electron chi connectivity index (χ3n) is 1.73. The van der Waals surface area contributed by atoms with Crippen molar-refractivity contribution in [3.8, 4) is 6.07 Å². The van der Waals surface area contributed by atoms with Crippen molar-refractivity contribution in [3.63, 3.8) is 0 Å². The Morgan fingerprint density at radius 2 is 2.29 bits per heavy atom. The summed E-state index contributed by atoms with van der Waals surface area (Å²) in [7, 11) is 0. The molecule has 1 unspecified atom stereocenters. The minimum atomic E-state index is -0.296. The number of hydrogen-bond acceptors (Lipinski definition) is 2. The molecule has 0 aliphatic heterocycles. The van der Waals surface area contributed by atoms with Crippen LogP contribution in [0.25, 0.3) is 0 Å². The lowest BCUT2D eigenvalue weighted by Gasteiger charge is -2.04. The van der Waals surface area contributed by atoms with Gasteiger partial charge >= 0.3 is 0 Å². The first-order valence-corrected chi connectivity index (χ1v) is 5.23. The van der Waals surface area contributed by atoms with Crippen molar-refractivity contribution >= 4 is 33.3 Å². The summed E-state index contributed by atoms with van der Waals surface area (Å²) in [6, 6.07) is 6.61. The fraction of sp³-hybridized carbons (Fsp3) is 0.200. The number of rotatable bonds is 2. The van der Waals surface area contributed by atoms with Gasteiger partial charge < -0.3 is 0 Å². The van der Waals surface area contributed by atoms with Gasteiger partial charge in [-0.1, -0.05) is 27.5 Å². The van der Waals surface area contributed by atoms with Crippen molar-refractivity contribution in [3.05, 3.63) is 34.3 Å². The van der Waals surface area contributed by atoms with Crippen LogP contribution in [0.4, 0.5) is 0 Å². The van der Waals surface area contributed by atoms with Crippen molar-refractivity contribution in [2.24, 2.45) is 0 Å². The summed E-state index contributed by atoms with van der Waals surface area (Å²) in [6.07, 6.45) is 0. The summed E-state index contributed by atoms with van der Waals surface area (Å²) in [4.78, 5) is 11.3. The number of nitrogens with zero attached hydrogens (tertiary/aromatic N) is 1. The van der Waals surface area contributed by atoms with Crippen LogP contribution in [0, 0.1) is 11.3 Å². The molecule has 0 aliphatic carbocycles. The second-order valence-corrected chi connectivity index (χ2v) is 4.59. The van der Waals surface area contributed by atoms with Crippen LogP contribution in [0.1, 0.15) is 22.8 Å². The van der Waals surface area contributed by atoms with E-state index in [9.17, 15) is 4.79 Å². The molecule has 14 heavy (non-hydrogen) atoms. The average molecular weight is 273 g/mol. The van der Waals surface area contributed by atoms with E-state index in [1.807, 2.05) is 6.07 Å². The monoisotopic (exact) mass is 271 g/mol. The summed E-state index contributed by atoms with van der Waals surface area (Å²) in [5.74, 6) is -0.113. The van der Waals surface area contributed by atoms with Gasteiger partial charge in [-0.25, -0.2) is 0 Å². The Hall–Kier alpha value is -0.850. The fourth-order valence-electron chi connectivity index (χ4n) is 1.04. The van der Waals surface area contributed by atoms with E-state index < -0.39 is 0 Å². The highest BCUT2D eigenvalue weighted by molar-refractivity contribution is 9.10. The molecule has 1 aromatic rings. The van der Waals surface area contributed by atoms with Gasteiger partial charge in [-0.15, -0.1) is 0 Å². The Balaban J connectivity index is 3.23. The molecule has 0 spiro atoms. The predicted molar refractivity (Wildman–Crippen MR) is 58.9 cm³/mol. The maximum Gasteiger partial charge on any atom is 0.177 e. The number of alkyl halides is 1. The fourth-order valence-corrected chi connectivity index (χ4v) is 1.46. The number of nitriles is 1. The smallest absolute Gasteiger partial charge is 0.177 e. The molecule has 0 N–H and O–H groups in total. The lowest BCUT2D eigenvalue weighted by atomic mass is 10.0. The van der Waals surface area contributed by atoms with Crippen LogP contribution in [0.15, 0.2) is 18.2 Å². The summed E-state index contributed by atoms with van der Waals surface area (Å²) >= 11 is 8.87. The third-order valence-corrected chi connectivity index (χ3v) is 2.38. The van der Waals surface area contributed by atoms with E-state index in [-0.39, 0.29) is 10.6 Å². The van der Waals surface area contributed by atoms with Gasteiger partial charge in [0.15, 0.2) is 5.78 Å². The van der Waals surface area contributed by atoms with Crippen LogP contribution in [-0.2, 0) is 0 Å². The summed E-state index contributed by atoms with van der Waals surface area (Å²) in [5, 5.41) is 9.26. The highest BCUT2D eigenvalue weighted by Crippen LogP contribution is 2.18. The Labute approximate surface area is 95.6 Å². The minimum Gasteiger partial charge on any atom is -0.293 e. The maximum atomic E-state index is 11.6. The van der Waals surface area contributed by atoms with E-state index in [0.717, 1.165) is 0 Å². The van der Waals surface area contributed by atoms with Gasteiger partial charge in [-0.3, -0.25) is 4.79 Å². The first-order valence-electron chi connectivity index (χ1n) is 3.94. The van der Waals surface area contributed by atoms with Gasteiger partial charge in [-0.05, 0) is 25.1 Å². The molecule has 4 heteroatoms. The van der Waals surface area contributed by atoms with Gasteiger partial charge in [0.1, 0.15) is 0 Å². The number of benzene rings is 1. The molecule has 0 radical (unpaired) electrons. The lowest BCUT2D eigenvalue weighted by Crippen LogP contribution is -2.11. The SMILES string of the molecule is CC(Br)C(=O)c1ccc(Cl)cc1C#N. The number of carbonyl (C=O) groups is 1. The maximum absolute atomic E-state index is 11.6. The zero-order valence-corrected chi connectivity index (χ0v) is 9.76. The van der Waals surface area contributed by atoms with Gasteiger partial charge in [-0.2, -0.15) is 5.26 Å². The third kappa shape index (κ3) is 2.34. The zero-order chi connectivity index (χ0) is 10.7. The molecule has 1 rings (SSSR count). The molecule has 0 aromatic heterocycles. The highest BCUT2D eigenvalue weighted by atomic mass is 79.9. The summed E-state index contributed by atoms with van der Waals surface area (Å²) < 4.78 is 0. The Kier molecular flexibility index (Phi) is 3.68. The van der Waals surface area contributed by atoms with Gasteiger partial charge in [0.25, 0.3) is 0 Å². The van der Waals surface area contributed by atoms with Crippen LogP contribution in [0.5, 0.6) is 0 Å². The van der Waals surface area contributed by atoms with Gasteiger partial charge in [0.2, 0.25) is 0 Å². The van der Waals surface area contributed by atoms with Crippen LogP contribution in [0.2, 0.25) is 5.02 Å². The number of Topliss-reactive ketones (excluding diaryl/α,β-unsaturated/α-hetero) is 1. The van der Waals surface area contributed by atoms with E-state index in [2.05, 4.69) is 15.9 Å². The number of halogens is 2. The largest absolute Gasteiger partial charge is 0.293 e. The predicted octanol–water partition coefficient (Wildman–Crippen LogP) is 3.18. The van der Waals surface area contributed by atoms with Crippen molar-refractivity contribution in [2.45, 2.75) is 11.8 Å². The number of carbonyl (C=O) groups excluding carboxylic acids is 1. The molecule has 0 aliphatic rings. The average Bonchev–Trinajstić information content (AvgIpc) is 2.16. The number of hydrogen-bond donors (Lipinski definition) is 0. The molecule has 0 amide bonds.